The van der Waals surface area contributed by atoms with Gasteiger partial charge in [0.15, 0.2) is 0 Å². The van der Waals surface area contributed by atoms with Gasteiger partial charge in [0.05, 0.1) is 0 Å². The lowest BCUT2D eigenvalue weighted by atomic mass is 9.94. The van der Waals surface area contributed by atoms with Crippen LogP contribution >= 0.6 is 0 Å². The molecule has 3 unspecified atom stereocenters. The first kappa shape index (κ1) is 11.0. The Kier molecular flexibility index (Phi) is 3.18. The third-order valence-corrected chi connectivity index (χ3v) is 4.93. The number of hydrogen-bond acceptors (Lipinski definition) is 3. The molecule has 0 aromatic heterocycles. The lowest BCUT2D eigenvalue weighted by Crippen LogP contribution is -2.49. The fourth-order valence-corrected chi connectivity index (χ4v) is 3.81. The van der Waals surface area contributed by atoms with Crippen LogP contribution < -0.4 is 5.32 Å². The lowest BCUT2D eigenvalue weighted by molar-refractivity contribution is 0.137. The highest BCUT2D eigenvalue weighted by atomic mass is 15.3. The summed E-state index contributed by atoms with van der Waals surface area (Å²) < 4.78 is 0. The van der Waals surface area contributed by atoms with E-state index >= 15 is 0 Å². The fraction of sp³-hybridized carbons (Fsp3) is 1.00. The van der Waals surface area contributed by atoms with Gasteiger partial charge < -0.3 is 10.2 Å². The maximum absolute atomic E-state index is 3.76. The summed E-state index contributed by atoms with van der Waals surface area (Å²) in [6, 6.07) is 0.802. The Morgan fingerprint density at radius 2 is 1.94 bits per heavy atom. The zero-order valence-electron chi connectivity index (χ0n) is 10.5. The first-order valence-corrected chi connectivity index (χ1v) is 6.97. The number of nitrogens with zero attached hydrogens (tertiary/aromatic N) is 2. The van der Waals surface area contributed by atoms with Crippen molar-refractivity contribution in [1.82, 2.24) is 15.1 Å². The Bertz CT molecular complexity index is 235. The largest absolute Gasteiger partial charge is 0.312 e. The molecule has 1 saturated carbocycles. The SMILES string of the molecule is CN1CCN(CC2NCC3CCCC32)CC1. The molecule has 16 heavy (non-hydrogen) atoms. The molecule has 2 heterocycles. The van der Waals surface area contributed by atoms with Gasteiger partial charge >= 0.3 is 0 Å². The van der Waals surface area contributed by atoms with E-state index in [2.05, 4.69) is 22.2 Å². The molecule has 0 radical (unpaired) electrons. The highest BCUT2D eigenvalue weighted by Gasteiger charge is 2.39. The first-order valence-electron chi connectivity index (χ1n) is 6.97. The minimum atomic E-state index is 0.802. The number of fused-ring (bicyclic) bond motifs is 1. The molecule has 3 nitrogen and oxygen atoms in total. The topological polar surface area (TPSA) is 18.5 Å². The van der Waals surface area contributed by atoms with Crippen molar-refractivity contribution < 1.29 is 0 Å². The zero-order valence-corrected chi connectivity index (χ0v) is 10.5. The molecule has 2 aliphatic heterocycles. The maximum Gasteiger partial charge on any atom is 0.0226 e. The van der Waals surface area contributed by atoms with E-state index in [9.17, 15) is 0 Å². The van der Waals surface area contributed by atoms with Gasteiger partial charge in [-0.05, 0) is 38.3 Å². The minimum absolute atomic E-state index is 0.802. The monoisotopic (exact) mass is 223 g/mol. The third kappa shape index (κ3) is 2.13. The summed E-state index contributed by atoms with van der Waals surface area (Å²) in [6.07, 6.45) is 4.45. The molecule has 2 saturated heterocycles. The van der Waals surface area contributed by atoms with Gasteiger partial charge in [-0.2, -0.15) is 0 Å². The van der Waals surface area contributed by atoms with Crippen molar-refractivity contribution in [2.24, 2.45) is 11.8 Å². The van der Waals surface area contributed by atoms with Crippen molar-refractivity contribution >= 4 is 0 Å². The van der Waals surface area contributed by atoms with Crippen LogP contribution in [0.4, 0.5) is 0 Å². The van der Waals surface area contributed by atoms with Gasteiger partial charge in [-0.1, -0.05) is 6.42 Å². The predicted molar refractivity (Wildman–Crippen MR) is 66.6 cm³/mol. The van der Waals surface area contributed by atoms with Gasteiger partial charge in [-0.15, -0.1) is 0 Å². The number of hydrogen-bond donors (Lipinski definition) is 1. The molecule has 0 aromatic rings. The minimum Gasteiger partial charge on any atom is -0.312 e. The summed E-state index contributed by atoms with van der Waals surface area (Å²) in [4.78, 5) is 5.11. The Morgan fingerprint density at radius 3 is 2.75 bits per heavy atom. The van der Waals surface area contributed by atoms with E-state index in [0.717, 1.165) is 17.9 Å². The van der Waals surface area contributed by atoms with Gasteiger partial charge in [-0.3, -0.25) is 4.90 Å². The van der Waals surface area contributed by atoms with Crippen LogP contribution in [0.3, 0.4) is 0 Å². The van der Waals surface area contributed by atoms with Gasteiger partial charge in [0.1, 0.15) is 0 Å². The Labute approximate surface area is 99.2 Å². The van der Waals surface area contributed by atoms with E-state index in [-0.39, 0.29) is 0 Å². The van der Waals surface area contributed by atoms with Crippen molar-refractivity contribution in [2.45, 2.75) is 25.3 Å². The van der Waals surface area contributed by atoms with Gasteiger partial charge in [-0.25, -0.2) is 0 Å². The molecule has 1 aliphatic carbocycles. The average molecular weight is 223 g/mol. The Balaban J connectivity index is 1.51. The van der Waals surface area contributed by atoms with Crippen molar-refractivity contribution in [1.29, 1.82) is 0 Å². The summed E-state index contributed by atoms with van der Waals surface area (Å²) in [7, 11) is 2.23. The van der Waals surface area contributed by atoms with E-state index in [4.69, 9.17) is 0 Å². The molecule has 92 valence electrons. The molecular formula is C13H25N3. The van der Waals surface area contributed by atoms with E-state index < -0.39 is 0 Å². The molecule has 0 bridgehead atoms. The number of likely N-dealkylation sites (N-methyl/N-ethyl adjacent to an activating group) is 1. The second-order valence-electron chi connectivity index (χ2n) is 5.97. The molecular weight excluding hydrogens is 198 g/mol. The third-order valence-electron chi connectivity index (χ3n) is 4.93. The first-order chi connectivity index (χ1) is 7.83. The van der Waals surface area contributed by atoms with E-state index in [1.807, 2.05) is 0 Å². The molecule has 1 N–H and O–H groups in total. The van der Waals surface area contributed by atoms with E-state index in [0.29, 0.717) is 0 Å². The highest BCUT2D eigenvalue weighted by Crippen LogP contribution is 2.37. The normalized spacial score (nSPS) is 41.4. The molecule has 3 atom stereocenters. The van der Waals surface area contributed by atoms with Crippen LogP contribution in [0.2, 0.25) is 0 Å². The molecule has 3 rings (SSSR count). The molecule has 0 amide bonds. The second kappa shape index (κ2) is 4.63. The van der Waals surface area contributed by atoms with Crippen LogP contribution in [0.25, 0.3) is 0 Å². The lowest BCUT2D eigenvalue weighted by Gasteiger charge is -2.35. The molecule has 3 fully saturated rings. The molecule has 3 heteroatoms. The number of nitrogens with one attached hydrogen (secondary N) is 1. The van der Waals surface area contributed by atoms with E-state index in [1.54, 1.807) is 0 Å². The standard InChI is InChI=1S/C13H25N3/c1-15-5-7-16(8-6-15)10-13-12-4-2-3-11(12)9-14-13/h11-14H,2-10H2,1H3. The summed E-state index contributed by atoms with van der Waals surface area (Å²) in [5.74, 6) is 2.01. The zero-order chi connectivity index (χ0) is 11.0. The molecule has 3 aliphatic rings. The van der Waals surface area contributed by atoms with Crippen molar-refractivity contribution in [3.63, 3.8) is 0 Å². The predicted octanol–water partition coefficient (Wildman–Crippen LogP) is 0.622. The summed E-state index contributed by atoms with van der Waals surface area (Å²) >= 11 is 0. The van der Waals surface area contributed by atoms with Gasteiger partial charge in [0.2, 0.25) is 0 Å². The van der Waals surface area contributed by atoms with Crippen LogP contribution in [-0.2, 0) is 0 Å². The smallest absolute Gasteiger partial charge is 0.0226 e. The van der Waals surface area contributed by atoms with Crippen molar-refractivity contribution in [2.75, 3.05) is 46.3 Å². The van der Waals surface area contributed by atoms with Crippen LogP contribution in [0.5, 0.6) is 0 Å². The quantitative estimate of drug-likeness (QED) is 0.740. The van der Waals surface area contributed by atoms with Crippen LogP contribution in [0.1, 0.15) is 19.3 Å². The van der Waals surface area contributed by atoms with Gasteiger partial charge in [0, 0.05) is 38.8 Å². The van der Waals surface area contributed by atoms with E-state index in [1.165, 1.54) is 58.5 Å². The fourth-order valence-electron chi connectivity index (χ4n) is 3.81. The number of piperazine rings is 1. The highest BCUT2D eigenvalue weighted by molar-refractivity contribution is 4.95. The summed E-state index contributed by atoms with van der Waals surface area (Å²) in [5.41, 5.74) is 0. The maximum atomic E-state index is 3.76. The van der Waals surface area contributed by atoms with Crippen LogP contribution in [0.15, 0.2) is 0 Å². The van der Waals surface area contributed by atoms with Crippen LogP contribution in [-0.4, -0.2) is 62.2 Å². The van der Waals surface area contributed by atoms with Crippen molar-refractivity contribution in [3.05, 3.63) is 0 Å². The second-order valence-corrected chi connectivity index (χ2v) is 5.97. The summed E-state index contributed by atoms with van der Waals surface area (Å²) in [5, 5.41) is 3.76. The average Bonchev–Trinajstić information content (AvgIpc) is 2.86. The summed E-state index contributed by atoms with van der Waals surface area (Å²) in [6.45, 7) is 7.64. The van der Waals surface area contributed by atoms with Crippen molar-refractivity contribution in [3.8, 4) is 0 Å². The Morgan fingerprint density at radius 1 is 1.12 bits per heavy atom. The van der Waals surface area contributed by atoms with Crippen LogP contribution in [0, 0.1) is 11.8 Å². The molecule has 0 aromatic carbocycles. The van der Waals surface area contributed by atoms with Gasteiger partial charge in [0.25, 0.3) is 0 Å². The Hall–Kier alpha value is -0.120. The molecule has 0 spiro atoms. The number of rotatable bonds is 2.